The number of thiazole rings is 1. The van der Waals surface area contributed by atoms with Gasteiger partial charge in [0.2, 0.25) is 0 Å². The molecule has 1 aliphatic rings. The predicted octanol–water partition coefficient (Wildman–Crippen LogP) is 3.44. The molecule has 1 heterocycles. The molecule has 2 aromatic rings. The molecule has 1 aliphatic carbocycles. The van der Waals surface area contributed by atoms with Crippen molar-refractivity contribution in [2.75, 3.05) is 7.05 Å². The molecule has 2 nitrogen and oxygen atoms in total. The number of aromatic nitrogens is 1. The summed E-state index contributed by atoms with van der Waals surface area (Å²) in [4.78, 5) is 6.05. The van der Waals surface area contributed by atoms with Crippen LogP contribution in [0.25, 0.3) is 0 Å². The van der Waals surface area contributed by atoms with Crippen LogP contribution in [0.15, 0.2) is 24.3 Å². The lowest BCUT2D eigenvalue weighted by Gasteiger charge is -2.18. The van der Waals surface area contributed by atoms with Gasteiger partial charge in [-0.05, 0) is 44.4 Å². The van der Waals surface area contributed by atoms with Crippen LogP contribution in [0.4, 0.5) is 0 Å². The molecule has 1 aromatic heterocycles. The monoisotopic (exact) mass is 272 g/mol. The largest absolute Gasteiger partial charge is 0.313 e. The van der Waals surface area contributed by atoms with Crippen LogP contribution in [0.2, 0.25) is 0 Å². The highest BCUT2D eigenvalue weighted by molar-refractivity contribution is 7.11. The molecule has 1 N–H and O–H groups in total. The maximum absolute atomic E-state index is 4.70. The second kappa shape index (κ2) is 5.06. The van der Waals surface area contributed by atoms with E-state index in [1.54, 1.807) is 0 Å². The lowest BCUT2D eigenvalue weighted by atomic mass is 9.97. The van der Waals surface area contributed by atoms with Gasteiger partial charge in [-0.1, -0.05) is 24.3 Å². The first-order chi connectivity index (χ1) is 9.19. The molecule has 0 radical (unpaired) electrons. The Labute approximate surface area is 118 Å². The van der Waals surface area contributed by atoms with Gasteiger partial charge in [-0.2, -0.15) is 0 Å². The number of fused-ring (bicyclic) bond motifs is 1. The molecule has 0 saturated heterocycles. The first kappa shape index (κ1) is 12.8. The molecule has 0 amide bonds. The summed E-state index contributed by atoms with van der Waals surface area (Å²) in [6.45, 7) is 4.27. The highest BCUT2D eigenvalue weighted by Crippen LogP contribution is 2.38. The molecule has 2 unspecified atom stereocenters. The molecule has 3 rings (SSSR count). The number of aryl methyl sites for hydroxylation is 2. The zero-order valence-electron chi connectivity index (χ0n) is 11.7. The minimum atomic E-state index is 0.473. The van der Waals surface area contributed by atoms with E-state index in [1.165, 1.54) is 33.1 Å². The SMILES string of the molecule is CNC1c2ccccc2CC1Cc1nc(C)c(C)s1. The van der Waals surface area contributed by atoms with Crippen LogP contribution in [0.1, 0.15) is 32.7 Å². The summed E-state index contributed by atoms with van der Waals surface area (Å²) in [6.07, 6.45) is 2.25. The molecule has 0 spiro atoms. The van der Waals surface area contributed by atoms with Gasteiger partial charge in [0.1, 0.15) is 0 Å². The van der Waals surface area contributed by atoms with Gasteiger partial charge in [-0.25, -0.2) is 4.98 Å². The smallest absolute Gasteiger partial charge is 0.0934 e. The third-order valence-corrected chi connectivity index (χ3v) is 5.26. The van der Waals surface area contributed by atoms with Gasteiger partial charge in [0, 0.05) is 17.3 Å². The van der Waals surface area contributed by atoms with Crippen molar-refractivity contribution in [1.29, 1.82) is 0 Å². The van der Waals surface area contributed by atoms with E-state index in [1.807, 2.05) is 11.3 Å². The number of nitrogens with one attached hydrogen (secondary N) is 1. The Bertz CT molecular complexity index is 569. The fraction of sp³-hybridized carbons (Fsp3) is 0.438. The van der Waals surface area contributed by atoms with E-state index in [4.69, 9.17) is 4.98 Å². The third-order valence-electron chi connectivity index (χ3n) is 4.16. The normalized spacial score (nSPS) is 21.6. The lowest BCUT2D eigenvalue weighted by molar-refractivity contribution is 0.410. The van der Waals surface area contributed by atoms with Crippen molar-refractivity contribution in [2.45, 2.75) is 32.7 Å². The number of hydrogen-bond donors (Lipinski definition) is 1. The zero-order valence-corrected chi connectivity index (χ0v) is 12.6. The number of rotatable bonds is 3. The minimum absolute atomic E-state index is 0.473. The Morgan fingerprint density at radius 3 is 2.79 bits per heavy atom. The second-order valence-corrected chi connectivity index (χ2v) is 6.67. The third kappa shape index (κ3) is 2.33. The first-order valence-corrected chi connectivity index (χ1v) is 7.68. The van der Waals surface area contributed by atoms with Crippen molar-refractivity contribution in [2.24, 2.45) is 5.92 Å². The van der Waals surface area contributed by atoms with Gasteiger partial charge in [0.15, 0.2) is 0 Å². The van der Waals surface area contributed by atoms with E-state index in [2.05, 4.69) is 50.5 Å². The Morgan fingerprint density at radius 1 is 1.32 bits per heavy atom. The summed E-state index contributed by atoms with van der Waals surface area (Å²) < 4.78 is 0. The van der Waals surface area contributed by atoms with Crippen LogP contribution >= 0.6 is 11.3 Å². The summed E-state index contributed by atoms with van der Waals surface area (Å²) in [6, 6.07) is 9.28. The first-order valence-electron chi connectivity index (χ1n) is 6.87. The van der Waals surface area contributed by atoms with E-state index in [-0.39, 0.29) is 0 Å². The topological polar surface area (TPSA) is 24.9 Å². The number of benzene rings is 1. The standard InChI is InChI=1S/C16H20N2S/c1-10-11(2)19-15(18-10)9-13-8-12-6-4-5-7-14(12)16(13)17-3/h4-7,13,16-17H,8-9H2,1-3H3. The fourth-order valence-corrected chi connectivity index (χ4v) is 4.14. The van der Waals surface area contributed by atoms with Gasteiger partial charge in [0.05, 0.1) is 10.7 Å². The van der Waals surface area contributed by atoms with Crippen molar-refractivity contribution in [1.82, 2.24) is 10.3 Å². The highest BCUT2D eigenvalue weighted by Gasteiger charge is 2.31. The maximum Gasteiger partial charge on any atom is 0.0934 e. The van der Waals surface area contributed by atoms with E-state index in [9.17, 15) is 0 Å². The molecule has 1 aromatic carbocycles. The molecular weight excluding hydrogens is 252 g/mol. The van der Waals surface area contributed by atoms with E-state index >= 15 is 0 Å². The van der Waals surface area contributed by atoms with Crippen LogP contribution in [-0.4, -0.2) is 12.0 Å². The number of hydrogen-bond acceptors (Lipinski definition) is 3. The fourth-order valence-electron chi connectivity index (χ4n) is 3.11. The Kier molecular flexibility index (Phi) is 3.42. The quantitative estimate of drug-likeness (QED) is 0.926. The second-order valence-electron chi connectivity index (χ2n) is 5.38. The lowest BCUT2D eigenvalue weighted by Crippen LogP contribution is -2.23. The number of nitrogens with zero attached hydrogens (tertiary/aromatic N) is 1. The van der Waals surface area contributed by atoms with E-state index in [0.717, 1.165) is 6.42 Å². The van der Waals surface area contributed by atoms with Crippen LogP contribution in [0, 0.1) is 19.8 Å². The molecule has 3 heteroatoms. The van der Waals surface area contributed by atoms with Crippen LogP contribution in [0.3, 0.4) is 0 Å². The zero-order chi connectivity index (χ0) is 13.4. The van der Waals surface area contributed by atoms with Crippen LogP contribution < -0.4 is 5.32 Å². The van der Waals surface area contributed by atoms with Crippen molar-refractivity contribution in [3.63, 3.8) is 0 Å². The van der Waals surface area contributed by atoms with Crippen molar-refractivity contribution in [3.05, 3.63) is 51.0 Å². The maximum atomic E-state index is 4.70. The van der Waals surface area contributed by atoms with Crippen LogP contribution in [0.5, 0.6) is 0 Å². The van der Waals surface area contributed by atoms with Crippen molar-refractivity contribution < 1.29 is 0 Å². The molecular formula is C16H20N2S. The Balaban J connectivity index is 1.83. The van der Waals surface area contributed by atoms with E-state index in [0.29, 0.717) is 12.0 Å². The van der Waals surface area contributed by atoms with Gasteiger partial charge in [0.25, 0.3) is 0 Å². The molecule has 0 bridgehead atoms. The molecule has 19 heavy (non-hydrogen) atoms. The van der Waals surface area contributed by atoms with E-state index < -0.39 is 0 Å². The predicted molar refractivity (Wildman–Crippen MR) is 80.7 cm³/mol. The Morgan fingerprint density at radius 2 is 2.11 bits per heavy atom. The van der Waals surface area contributed by atoms with Gasteiger partial charge in [-0.3, -0.25) is 0 Å². The minimum Gasteiger partial charge on any atom is -0.313 e. The van der Waals surface area contributed by atoms with Crippen molar-refractivity contribution in [3.8, 4) is 0 Å². The average Bonchev–Trinajstić information content (AvgIpc) is 2.90. The molecule has 100 valence electrons. The average molecular weight is 272 g/mol. The molecule has 0 saturated carbocycles. The summed E-state index contributed by atoms with van der Waals surface area (Å²) in [5.41, 5.74) is 4.16. The van der Waals surface area contributed by atoms with Gasteiger partial charge >= 0.3 is 0 Å². The molecule has 0 aliphatic heterocycles. The highest BCUT2D eigenvalue weighted by atomic mass is 32.1. The molecule has 2 atom stereocenters. The van der Waals surface area contributed by atoms with Crippen LogP contribution in [-0.2, 0) is 12.8 Å². The summed E-state index contributed by atoms with van der Waals surface area (Å²) in [7, 11) is 2.07. The summed E-state index contributed by atoms with van der Waals surface area (Å²) in [5, 5.41) is 4.77. The van der Waals surface area contributed by atoms with Gasteiger partial charge < -0.3 is 5.32 Å². The van der Waals surface area contributed by atoms with Gasteiger partial charge in [-0.15, -0.1) is 11.3 Å². The summed E-state index contributed by atoms with van der Waals surface area (Å²) >= 11 is 1.85. The van der Waals surface area contributed by atoms with Crippen molar-refractivity contribution >= 4 is 11.3 Å². The Hall–Kier alpha value is -1.19. The molecule has 0 fully saturated rings. The summed E-state index contributed by atoms with van der Waals surface area (Å²) in [5.74, 6) is 0.632.